The van der Waals surface area contributed by atoms with Gasteiger partial charge in [0.05, 0.1) is 20.3 Å². The summed E-state index contributed by atoms with van der Waals surface area (Å²) in [7, 11) is 3.21. The number of hydrogen-bond acceptors (Lipinski definition) is 4. The molecule has 0 spiro atoms. The van der Waals surface area contributed by atoms with E-state index in [4.69, 9.17) is 19.9 Å². The number of rotatable bonds is 6. The molecule has 3 rings (SSSR count). The van der Waals surface area contributed by atoms with Gasteiger partial charge in [-0.25, -0.2) is 0 Å². The highest BCUT2D eigenvalue weighted by Gasteiger charge is 2.27. The second-order valence-corrected chi connectivity index (χ2v) is 7.03. The third kappa shape index (κ3) is 4.95. The van der Waals surface area contributed by atoms with Crippen LogP contribution in [-0.2, 0) is 4.74 Å². The summed E-state index contributed by atoms with van der Waals surface area (Å²) in [5.41, 5.74) is 9.37. The van der Waals surface area contributed by atoms with Crippen LogP contribution in [0.4, 0.5) is 5.69 Å². The van der Waals surface area contributed by atoms with Gasteiger partial charge in [-0.3, -0.25) is 4.99 Å². The van der Waals surface area contributed by atoms with Gasteiger partial charge >= 0.3 is 0 Å². The number of nitrogens with two attached hydrogens (primary N) is 1. The van der Waals surface area contributed by atoms with Crippen molar-refractivity contribution in [3.63, 3.8) is 0 Å². The molecule has 150 valence electrons. The van der Waals surface area contributed by atoms with E-state index in [2.05, 4.69) is 41.5 Å². The second kappa shape index (κ2) is 9.46. The summed E-state index contributed by atoms with van der Waals surface area (Å²) in [5, 5.41) is 3.12. The molecule has 1 heterocycles. The molecule has 3 N–H and O–H groups in total. The van der Waals surface area contributed by atoms with Crippen molar-refractivity contribution in [3.8, 4) is 11.5 Å². The third-order valence-electron chi connectivity index (χ3n) is 5.00. The molecule has 0 amide bonds. The zero-order valence-electron chi connectivity index (χ0n) is 16.8. The minimum absolute atomic E-state index is 0.0620. The first-order valence-electron chi connectivity index (χ1n) is 9.58. The Morgan fingerprint density at radius 1 is 1.14 bits per heavy atom. The van der Waals surface area contributed by atoms with Gasteiger partial charge in [-0.15, -0.1) is 0 Å². The van der Waals surface area contributed by atoms with Crippen molar-refractivity contribution < 1.29 is 14.2 Å². The average Bonchev–Trinajstić information content (AvgIpc) is 2.73. The van der Waals surface area contributed by atoms with Crippen LogP contribution in [0.5, 0.6) is 11.5 Å². The number of guanidine groups is 1. The SMILES string of the molecule is COc1ccc(NC(N)=NCC2CCCOC2c2ccc(C)cc2)cc1OC. The Balaban J connectivity index is 1.66. The highest BCUT2D eigenvalue weighted by atomic mass is 16.5. The van der Waals surface area contributed by atoms with Crippen molar-refractivity contribution in [2.24, 2.45) is 16.6 Å². The van der Waals surface area contributed by atoms with Crippen molar-refractivity contribution in [3.05, 3.63) is 53.6 Å². The fourth-order valence-corrected chi connectivity index (χ4v) is 3.47. The highest BCUT2D eigenvalue weighted by molar-refractivity contribution is 5.92. The van der Waals surface area contributed by atoms with E-state index in [-0.39, 0.29) is 6.10 Å². The van der Waals surface area contributed by atoms with Crippen LogP contribution >= 0.6 is 0 Å². The number of ether oxygens (including phenoxy) is 3. The molecule has 1 aliphatic rings. The molecule has 0 saturated carbocycles. The number of nitrogens with zero attached hydrogens (tertiary/aromatic N) is 1. The number of aryl methyl sites for hydroxylation is 1. The summed E-state index contributed by atoms with van der Waals surface area (Å²) < 4.78 is 16.6. The van der Waals surface area contributed by atoms with Crippen LogP contribution in [0.1, 0.15) is 30.1 Å². The van der Waals surface area contributed by atoms with E-state index >= 15 is 0 Å². The first-order valence-corrected chi connectivity index (χ1v) is 9.58. The summed E-state index contributed by atoms with van der Waals surface area (Å²) in [6.45, 7) is 3.50. The Morgan fingerprint density at radius 2 is 1.89 bits per heavy atom. The van der Waals surface area contributed by atoms with Gasteiger partial charge in [0.1, 0.15) is 0 Å². The molecule has 0 radical (unpaired) electrons. The molecule has 1 saturated heterocycles. The third-order valence-corrected chi connectivity index (χ3v) is 5.00. The first kappa shape index (κ1) is 20.0. The van der Waals surface area contributed by atoms with Crippen molar-refractivity contribution >= 4 is 11.6 Å². The number of aliphatic imine (C=N–C) groups is 1. The predicted molar refractivity (Wildman–Crippen MR) is 112 cm³/mol. The Morgan fingerprint density at radius 3 is 2.61 bits per heavy atom. The number of benzene rings is 2. The molecule has 1 aliphatic heterocycles. The molecule has 2 unspecified atom stereocenters. The van der Waals surface area contributed by atoms with Gasteiger partial charge in [0.15, 0.2) is 17.5 Å². The van der Waals surface area contributed by atoms with Gasteiger partial charge in [0.2, 0.25) is 0 Å². The van der Waals surface area contributed by atoms with Crippen LogP contribution < -0.4 is 20.5 Å². The van der Waals surface area contributed by atoms with Gasteiger partial charge in [0, 0.05) is 30.8 Å². The molecule has 1 fully saturated rings. The van der Waals surface area contributed by atoms with Crippen LogP contribution in [0.2, 0.25) is 0 Å². The molecule has 2 aromatic carbocycles. The van der Waals surface area contributed by atoms with E-state index in [0.29, 0.717) is 29.9 Å². The van der Waals surface area contributed by atoms with Crippen molar-refractivity contribution in [2.75, 3.05) is 32.7 Å². The molecule has 0 aromatic heterocycles. The molecule has 6 heteroatoms. The topological polar surface area (TPSA) is 78.1 Å². The lowest BCUT2D eigenvalue weighted by molar-refractivity contribution is -0.0250. The molecule has 2 aromatic rings. The zero-order chi connectivity index (χ0) is 19.9. The van der Waals surface area contributed by atoms with E-state index in [1.54, 1.807) is 14.2 Å². The Labute approximate surface area is 166 Å². The fourth-order valence-electron chi connectivity index (χ4n) is 3.47. The van der Waals surface area contributed by atoms with Crippen LogP contribution in [0, 0.1) is 12.8 Å². The molecular weight excluding hydrogens is 354 g/mol. The average molecular weight is 383 g/mol. The maximum atomic E-state index is 6.11. The van der Waals surface area contributed by atoms with Gasteiger partial charge in [-0.1, -0.05) is 29.8 Å². The second-order valence-electron chi connectivity index (χ2n) is 7.03. The summed E-state index contributed by atoms with van der Waals surface area (Å²) in [6, 6.07) is 14.1. The smallest absolute Gasteiger partial charge is 0.193 e. The monoisotopic (exact) mass is 383 g/mol. The fraction of sp³-hybridized carbons (Fsp3) is 0.409. The lowest BCUT2D eigenvalue weighted by atomic mass is 9.89. The summed E-state index contributed by atoms with van der Waals surface area (Å²) >= 11 is 0. The van der Waals surface area contributed by atoms with Gasteiger partial charge < -0.3 is 25.3 Å². The quantitative estimate of drug-likeness (QED) is 0.584. The van der Waals surface area contributed by atoms with Gasteiger partial charge in [0.25, 0.3) is 0 Å². The van der Waals surface area contributed by atoms with E-state index in [9.17, 15) is 0 Å². The minimum Gasteiger partial charge on any atom is -0.493 e. The standard InChI is InChI=1S/C22H29N3O3/c1-15-6-8-16(9-7-15)21-17(5-4-12-28-21)14-24-22(23)25-18-10-11-19(26-2)20(13-18)27-3/h6-11,13,17,21H,4-5,12,14H2,1-3H3,(H3,23,24,25). The highest BCUT2D eigenvalue weighted by Crippen LogP contribution is 2.34. The Kier molecular flexibility index (Phi) is 6.76. The molecule has 2 atom stereocenters. The number of hydrogen-bond donors (Lipinski definition) is 2. The molecule has 28 heavy (non-hydrogen) atoms. The molecule has 6 nitrogen and oxygen atoms in total. The van der Waals surface area contributed by atoms with E-state index < -0.39 is 0 Å². The minimum atomic E-state index is 0.0620. The van der Waals surface area contributed by atoms with E-state index in [0.717, 1.165) is 25.1 Å². The number of anilines is 1. The largest absolute Gasteiger partial charge is 0.493 e. The first-order chi connectivity index (χ1) is 13.6. The van der Waals surface area contributed by atoms with Gasteiger partial charge in [-0.2, -0.15) is 0 Å². The van der Waals surface area contributed by atoms with Crippen molar-refractivity contribution in [1.29, 1.82) is 0 Å². The predicted octanol–water partition coefficient (Wildman–Crippen LogP) is 3.91. The van der Waals surface area contributed by atoms with Crippen LogP contribution in [0.15, 0.2) is 47.5 Å². The summed E-state index contributed by atoms with van der Waals surface area (Å²) in [4.78, 5) is 4.57. The Bertz CT molecular complexity index is 805. The molecular formula is C22H29N3O3. The summed E-state index contributed by atoms with van der Waals surface area (Å²) in [6.07, 6.45) is 2.18. The molecule has 0 aliphatic carbocycles. The van der Waals surface area contributed by atoms with E-state index in [1.807, 2.05) is 18.2 Å². The maximum Gasteiger partial charge on any atom is 0.193 e. The van der Waals surface area contributed by atoms with Crippen molar-refractivity contribution in [2.45, 2.75) is 25.9 Å². The zero-order valence-corrected chi connectivity index (χ0v) is 16.8. The van der Waals surface area contributed by atoms with Crippen LogP contribution in [0.3, 0.4) is 0 Å². The number of nitrogens with one attached hydrogen (secondary N) is 1. The lowest BCUT2D eigenvalue weighted by Gasteiger charge is -2.31. The van der Waals surface area contributed by atoms with Crippen LogP contribution in [0.25, 0.3) is 0 Å². The number of methoxy groups -OCH3 is 2. The normalized spacial score (nSPS) is 19.9. The summed E-state index contributed by atoms with van der Waals surface area (Å²) in [5.74, 6) is 1.99. The van der Waals surface area contributed by atoms with Crippen LogP contribution in [-0.4, -0.2) is 33.3 Å². The van der Waals surface area contributed by atoms with Gasteiger partial charge in [-0.05, 0) is 37.5 Å². The van der Waals surface area contributed by atoms with E-state index in [1.165, 1.54) is 11.1 Å². The maximum absolute atomic E-state index is 6.11. The Hall–Kier alpha value is -2.73. The lowest BCUT2D eigenvalue weighted by Crippen LogP contribution is -2.28. The van der Waals surface area contributed by atoms with Crippen molar-refractivity contribution in [1.82, 2.24) is 0 Å². The molecule has 0 bridgehead atoms.